The van der Waals surface area contributed by atoms with Gasteiger partial charge in [-0.15, -0.1) is 0 Å². The number of amides is 1. The molecule has 3 N–H and O–H groups in total. The van der Waals surface area contributed by atoms with Crippen molar-refractivity contribution < 1.29 is 4.79 Å². The van der Waals surface area contributed by atoms with Gasteiger partial charge in [-0.1, -0.05) is 0 Å². The minimum atomic E-state index is -0.165. The molecule has 5 heteroatoms. The highest BCUT2D eigenvalue weighted by molar-refractivity contribution is 5.76. The molecule has 17 heavy (non-hydrogen) atoms. The first kappa shape index (κ1) is 11.8. The molecule has 1 amide bonds. The maximum absolute atomic E-state index is 11.0. The monoisotopic (exact) mass is 234 g/mol. The zero-order chi connectivity index (χ0) is 12.3. The topological polar surface area (TPSA) is 80.9 Å². The van der Waals surface area contributed by atoms with Crippen molar-refractivity contribution in [2.24, 2.45) is 11.7 Å². The van der Waals surface area contributed by atoms with Gasteiger partial charge in [0.1, 0.15) is 11.6 Å². The van der Waals surface area contributed by atoms with Gasteiger partial charge in [-0.25, -0.2) is 9.97 Å². The Morgan fingerprint density at radius 1 is 1.41 bits per heavy atom. The molecule has 92 valence electrons. The number of primary amides is 1. The molecule has 1 saturated carbocycles. The van der Waals surface area contributed by atoms with Crippen LogP contribution >= 0.6 is 0 Å². The Morgan fingerprint density at radius 2 is 2.12 bits per heavy atom. The zero-order valence-electron chi connectivity index (χ0n) is 10.0. The maximum atomic E-state index is 11.0. The van der Waals surface area contributed by atoms with E-state index in [4.69, 9.17) is 5.73 Å². The molecule has 1 aromatic rings. The van der Waals surface area contributed by atoms with E-state index in [9.17, 15) is 4.79 Å². The molecule has 5 nitrogen and oxygen atoms in total. The number of hydrogen-bond donors (Lipinski definition) is 2. The van der Waals surface area contributed by atoms with Crippen LogP contribution in [0.1, 0.15) is 31.5 Å². The number of carbonyl (C=O) groups is 1. The van der Waals surface area contributed by atoms with Gasteiger partial charge in [-0.3, -0.25) is 4.79 Å². The quantitative estimate of drug-likeness (QED) is 0.824. The van der Waals surface area contributed by atoms with Gasteiger partial charge in [0.05, 0.1) is 0 Å². The van der Waals surface area contributed by atoms with Gasteiger partial charge in [0.25, 0.3) is 0 Å². The van der Waals surface area contributed by atoms with E-state index < -0.39 is 0 Å². The Balaban J connectivity index is 1.88. The molecule has 0 aliphatic heterocycles. The molecular weight excluding hydrogens is 216 g/mol. The van der Waals surface area contributed by atoms with Crippen LogP contribution in [0.5, 0.6) is 0 Å². The number of hydrogen-bond acceptors (Lipinski definition) is 4. The van der Waals surface area contributed by atoms with Crippen molar-refractivity contribution in [1.29, 1.82) is 0 Å². The maximum Gasteiger partial charge on any atom is 0.220 e. The number of rotatable bonds is 3. The predicted molar refractivity (Wildman–Crippen MR) is 65.3 cm³/mol. The predicted octanol–water partition coefficient (Wildman–Crippen LogP) is 1.24. The highest BCUT2D eigenvalue weighted by Gasteiger charge is 2.24. The summed E-state index contributed by atoms with van der Waals surface area (Å²) in [5, 5.41) is 3.38. The van der Waals surface area contributed by atoms with Gasteiger partial charge in [-0.05, 0) is 38.7 Å². The van der Waals surface area contributed by atoms with Crippen molar-refractivity contribution in [3.8, 4) is 0 Å². The van der Waals surface area contributed by atoms with Gasteiger partial charge in [-0.2, -0.15) is 0 Å². The Labute approximate surface area is 101 Å². The van der Waals surface area contributed by atoms with Crippen LogP contribution in [0.3, 0.4) is 0 Å². The average molecular weight is 234 g/mol. The van der Waals surface area contributed by atoms with Crippen molar-refractivity contribution in [2.75, 3.05) is 5.32 Å². The second-order valence-corrected chi connectivity index (χ2v) is 4.58. The second kappa shape index (κ2) is 5.12. The largest absolute Gasteiger partial charge is 0.369 e. The molecule has 1 aliphatic rings. The summed E-state index contributed by atoms with van der Waals surface area (Å²) in [6.45, 7) is 1.87. The first-order valence-electron chi connectivity index (χ1n) is 6.00. The lowest BCUT2D eigenvalue weighted by molar-refractivity contribution is -0.122. The van der Waals surface area contributed by atoms with Crippen LogP contribution < -0.4 is 11.1 Å². The van der Waals surface area contributed by atoms with Crippen LogP contribution in [0, 0.1) is 12.8 Å². The first-order chi connectivity index (χ1) is 8.15. The minimum absolute atomic E-state index is 0.0557. The fourth-order valence-electron chi connectivity index (χ4n) is 2.27. The molecule has 1 heterocycles. The Bertz CT molecular complexity index is 399. The smallest absolute Gasteiger partial charge is 0.220 e. The molecule has 2 rings (SSSR count). The summed E-state index contributed by atoms with van der Waals surface area (Å²) in [6.07, 6.45) is 5.43. The van der Waals surface area contributed by atoms with E-state index in [2.05, 4.69) is 15.3 Å². The van der Waals surface area contributed by atoms with Crippen molar-refractivity contribution in [3.05, 3.63) is 18.1 Å². The molecule has 1 aromatic heterocycles. The lowest BCUT2D eigenvalue weighted by Gasteiger charge is -2.27. The van der Waals surface area contributed by atoms with Crippen LogP contribution in [-0.4, -0.2) is 21.9 Å². The number of aromatic nitrogens is 2. The highest BCUT2D eigenvalue weighted by atomic mass is 16.1. The normalized spacial score (nSPS) is 24.3. The van der Waals surface area contributed by atoms with Gasteiger partial charge in [0.15, 0.2) is 0 Å². The lowest BCUT2D eigenvalue weighted by Crippen LogP contribution is -2.32. The zero-order valence-corrected chi connectivity index (χ0v) is 10.0. The van der Waals surface area contributed by atoms with E-state index in [1.807, 2.05) is 13.0 Å². The van der Waals surface area contributed by atoms with Gasteiger partial charge < -0.3 is 11.1 Å². The van der Waals surface area contributed by atoms with E-state index in [0.717, 1.165) is 37.3 Å². The summed E-state index contributed by atoms with van der Waals surface area (Å²) in [5.41, 5.74) is 5.31. The summed E-state index contributed by atoms with van der Waals surface area (Å²) < 4.78 is 0. The molecule has 1 aliphatic carbocycles. The summed E-state index contributed by atoms with van der Waals surface area (Å²) >= 11 is 0. The van der Waals surface area contributed by atoms with Gasteiger partial charge >= 0.3 is 0 Å². The molecule has 0 unspecified atom stereocenters. The van der Waals surface area contributed by atoms with E-state index in [0.29, 0.717) is 6.04 Å². The number of nitrogens with zero attached hydrogens (tertiary/aromatic N) is 2. The van der Waals surface area contributed by atoms with Crippen LogP contribution in [0.15, 0.2) is 12.3 Å². The van der Waals surface area contributed by atoms with Crippen molar-refractivity contribution in [3.63, 3.8) is 0 Å². The van der Waals surface area contributed by atoms with Crippen molar-refractivity contribution in [2.45, 2.75) is 38.6 Å². The SMILES string of the molecule is Cc1nccc(NC2CCC(C(N)=O)CC2)n1. The van der Waals surface area contributed by atoms with Crippen LogP contribution in [0.4, 0.5) is 5.82 Å². The summed E-state index contributed by atoms with van der Waals surface area (Å²) in [7, 11) is 0. The summed E-state index contributed by atoms with van der Waals surface area (Å²) in [5.74, 6) is 1.52. The fraction of sp³-hybridized carbons (Fsp3) is 0.583. The Hall–Kier alpha value is -1.65. The highest BCUT2D eigenvalue weighted by Crippen LogP contribution is 2.25. The third kappa shape index (κ3) is 3.15. The van der Waals surface area contributed by atoms with E-state index in [1.165, 1.54) is 0 Å². The number of anilines is 1. The van der Waals surface area contributed by atoms with E-state index in [1.54, 1.807) is 6.20 Å². The minimum Gasteiger partial charge on any atom is -0.369 e. The lowest BCUT2D eigenvalue weighted by atomic mass is 9.85. The van der Waals surface area contributed by atoms with E-state index >= 15 is 0 Å². The standard InChI is InChI=1S/C12H18N4O/c1-8-14-7-6-11(15-8)16-10-4-2-9(3-5-10)12(13)17/h6-7,9-10H,2-5H2,1H3,(H2,13,17)(H,14,15,16). The van der Waals surface area contributed by atoms with Crippen molar-refractivity contribution >= 4 is 11.7 Å². The molecule has 0 aromatic carbocycles. The number of nitrogens with one attached hydrogen (secondary N) is 1. The molecule has 0 bridgehead atoms. The van der Waals surface area contributed by atoms with Crippen LogP contribution in [0.2, 0.25) is 0 Å². The van der Waals surface area contributed by atoms with Crippen LogP contribution in [0.25, 0.3) is 0 Å². The fourth-order valence-corrected chi connectivity index (χ4v) is 2.27. The van der Waals surface area contributed by atoms with Gasteiger partial charge in [0.2, 0.25) is 5.91 Å². The first-order valence-corrected chi connectivity index (χ1v) is 6.00. The molecule has 0 radical (unpaired) electrons. The Kier molecular flexibility index (Phi) is 3.56. The third-order valence-corrected chi connectivity index (χ3v) is 3.26. The van der Waals surface area contributed by atoms with Crippen molar-refractivity contribution in [1.82, 2.24) is 9.97 Å². The molecular formula is C12H18N4O. The average Bonchev–Trinajstić information content (AvgIpc) is 2.29. The summed E-state index contributed by atoms with van der Waals surface area (Å²) in [4.78, 5) is 19.4. The molecule has 0 atom stereocenters. The molecule has 0 spiro atoms. The van der Waals surface area contributed by atoms with Crippen LogP contribution in [-0.2, 0) is 4.79 Å². The second-order valence-electron chi connectivity index (χ2n) is 4.58. The third-order valence-electron chi connectivity index (χ3n) is 3.26. The van der Waals surface area contributed by atoms with E-state index in [-0.39, 0.29) is 11.8 Å². The number of aryl methyl sites for hydroxylation is 1. The Morgan fingerprint density at radius 3 is 2.71 bits per heavy atom. The molecule has 0 saturated heterocycles. The number of nitrogens with two attached hydrogens (primary N) is 1. The number of carbonyl (C=O) groups excluding carboxylic acids is 1. The van der Waals surface area contributed by atoms with Gasteiger partial charge in [0, 0.05) is 18.2 Å². The molecule has 1 fully saturated rings. The summed E-state index contributed by atoms with van der Waals surface area (Å²) in [6, 6.07) is 2.26.